The van der Waals surface area contributed by atoms with Gasteiger partial charge in [-0.1, -0.05) is 11.6 Å². The van der Waals surface area contributed by atoms with Crippen LogP contribution >= 0.6 is 11.6 Å². The first-order valence-corrected chi connectivity index (χ1v) is 2.98. The largest absolute Gasteiger partial charge is 0.333 e. The molecule has 0 bridgehead atoms. The fraction of sp³-hybridized carbons (Fsp3) is 0.400. The molecule has 1 aromatic rings. The van der Waals surface area contributed by atoms with Gasteiger partial charge in [0, 0.05) is 11.8 Å². The van der Waals surface area contributed by atoms with Crippen LogP contribution in [0.15, 0.2) is 6.20 Å². The van der Waals surface area contributed by atoms with Gasteiger partial charge in [-0.15, -0.1) is 0 Å². The van der Waals surface area contributed by atoms with Gasteiger partial charge in [-0.25, -0.2) is 4.68 Å². The Hall–Kier alpha value is -0.640. The molecule has 0 amide bonds. The highest BCUT2D eigenvalue weighted by Crippen LogP contribution is 2.16. The van der Waals surface area contributed by atoms with E-state index in [1.54, 1.807) is 6.92 Å². The monoisotopic (exact) mass is 166 g/mol. The van der Waals surface area contributed by atoms with Crippen LogP contribution in [0.5, 0.6) is 0 Å². The van der Waals surface area contributed by atoms with E-state index in [4.69, 9.17) is 11.6 Å². The van der Waals surface area contributed by atoms with E-state index < -0.39 is 6.55 Å². The Morgan fingerprint density at radius 3 is 2.50 bits per heavy atom. The topological polar surface area (TPSA) is 17.8 Å². The van der Waals surface area contributed by atoms with Crippen molar-refractivity contribution in [2.75, 3.05) is 0 Å². The lowest BCUT2D eigenvalue weighted by Crippen LogP contribution is -1.97. The molecule has 0 aliphatic carbocycles. The fourth-order valence-corrected chi connectivity index (χ4v) is 0.697. The first kappa shape index (κ1) is 7.47. The smallest absolute Gasteiger partial charge is 0.210 e. The van der Waals surface area contributed by atoms with Crippen molar-refractivity contribution in [2.24, 2.45) is 0 Å². The summed E-state index contributed by atoms with van der Waals surface area (Å²) in [5.74, 6) is 0. The Morgan fingerprint density at radius 2 is 2.30 bits per heavy atom. The van der Waals surface area contributed by atoms with Crippen LogP contribution in [-0.4, -0.2) is 9.78 Å². The zero-order valence-corrected chi connectivity index (χ0v) is 5.94. The highest BCUT2D eigenvalue weighted by molar-refractivity contribution is 6.30. The number of rotatable bonds is 1. The van der Waals surface area contributed by atoms with Crippen molar-refractivity contribution in [3.8, 4) is 0 Å². The van der Waals surface area contributed by atoms with Gasteiger partial charge in [0.05, 0.1) is 0 Å². The van der Waals surface area contributed by atoms with Crippen LogP contribution in [0.1, 0.15) is 12.1 Å². The first-order valence-electron chi connectivity index (χ1n) is 2.60. The number of aryl methyl sites for hydroxylation is 1. The molecule has 0 saturated carbocycles. The molecule has 0 radical (unpaired) electrons. The van der Waals surface area contributed by atoms with Crippen LogP contribution in [0.25, 0.3) is 0 Å². The van der Waals surface area contributed by atoms with Gasteiger partial charge in [-0.05, 0) is 6.92 Å². The second-order valence-electron chi connectivity index (χ2n) is 1.86. The normalized spacial score (nSPS) is 10.9. The van der Waals surface area contributed by atoms with E-state index in [-0.39, 0.29) is 5.15 Å². The molecule has 5 heteroatoms. The van der Waals surface area contributed by atoms with Crippen LogP contribution in [0, 0.1) is 6.92 Å². The van der Waals surface area contributed by atoms with Crippen molar-refractivity contribution < 1.29 is 8.78 Å². The molecular weight excluding hydrogens is 162 g/mol. The summed E-state index contributed by atoms with van der Waals surface area (Å²) in [6.07, 6.45) is 1.20. The van der Waals surface area contributed by atoms with Gasteiger partial charge in [-0.3, -0.25) is 0 Å². The Kier molecular flexibility index (Phi) is 1.89. The minimum absolute atomic E-state index is 0.125. The lowest BCUT2D eigenvalue weighted by Gasteiger charge is -1.94. The van der Waals surface area contributed by atoms with Gasteiger partial charge < -0.3 is 0 Å². The van der Waals surface area contributed by atoms with Gasteiger partial charge in [0.2, 0.25) is 0 Å². The Labute approximate surface area is 61.4 Å². The maximum Gasteiger partial charge on any atom is 0.333 e. The number of halogens is 3. The van der Waals surface area contributed by atoms with Crippen LogP contribution in [-0.2, 0) is 0 Å². The van der Waals surface area contributed by atoms with Crippen molar-refractivity contribution in [2.45, 2.75) is 13.5 Å². The third-order valence-corrected chi connectivity index (χ3v) is 1.43. The summed E-state index contributed by atoms with van der Waals surface area (Å²) in [4.78, 5) is 0. The summed E-state index contributed by atoms with van der Waals surface area (Å²) in [6.45, 7) is -0.986. The number of alkyl halides is 2. The molecule has 1 aromatic heterocycles. The number of hydrogen-bond acceptors (Lipinski definition) is 1. The van der Waals surface area contributed by atoms with Crippen molar-refractivity contribution in [3.05, 3.63) is 16.9 Å². The maximum absolute atomic E-state index is 11.8. The SMILES string of the molecule is Cc1cn(C(F)F)nc1Cl. The predicted molar refractivity (Wildman–Crippen MR) is 33.2 cm³/mol. The average molecular weight is 167 g/mol. The second-order valence-corrected chi connectivity index (χ2v) is 2.22. The highest BCUT2D eigenvalue weighted by atomic mass is 35.5. The minimum Gasteiger partial charge on any atom is -0.210 e. The molecule has 0 atom stereocenters. The molecule has 10 heavy (non-hydrogen) atoms. The number of aromatic nitrogens is 2. The molecular formula is C5H5ClF2N2. The van der Waals surface area contributed by atoms with Crippen LogP contribution in [0.2, 0.25) is 5.15 Å². The minimum atomic E-state index is -2.61. The molecule has 0 aromatic carbocycles. The van der Waals surface area contributed by atoms with E-state index in [1.807, 2.05) is 0 Å². The molecule has 0 fully saturated rings. The van der Waals surface area contributed by atoms with E-state index in [9.17, 15) is 8.78 Å². The molecule has 1 heterocycles. The van der Waals surface area contributed by atoms with E-state index in [2.05, 4.69) is 5.10 Å². The Morgan fingerprint density at radius 1 is 1.70 bits per heavy atom. The summed E-state index contributed by atoms with van der Waals surface area (Å²) in [7, 11) is 0. The fourth-order valence-electron chi connectivity index (χ4n) is 0.561. The molecule has 1 rings (SSSR count). The summed E-state index contributed by atoms with van der Waals surface area (Å²) in [5.41, 5.74) is 0.557. The zero-order chi connectivity index (χ0) is 7.72. The van der Waals surface area contributed by atoms with Gasteiger partial charge in [0.1, 0.15) is 0 Å². The first-order chi connectivity index (χ1) is 4.61. The van der Waals surface area contributed by atoms with Gasteiger partial charge in [0.25, 0.3) is 0 Å². The number of nitrogens with zero attached hydrogens (tertiary/aromatic N) is 2. The summed E-state index contributed by atoms with van der Waals surface area (Å²) in [5, 5.41) is 3.47. The van der Waals surface area contributed by atoms with Gasteiger partial charge >= 0.3 is 6.55 Å². The lowest BCUT2D eigenvalue weighted by atomic mass is 10.4. The predicted octanol–water partition coefficient (Wildman–Crippen LogP) is 2.24. The molecule has 56 valence electrons. The zero-order valence-electron chi connectivity index (χ0n) is 5.18. The molecule has 0 unspecified atom stereocenters. The third-order valence-electron chi connectivity index (χ3n) is 1.05. The van der Waals surface area contributed by atoms with Crippen molar-refractivity contribution in [1.29, 1.82) is 0 Å². The van der Waals surface area contributed by atoms with Gasteiger partial charge in [0.15, 0.2) is 5.15 Å². The number of hydrogen-bond donors (Lipinski definition) is 0. The van der Waals surface area contributed by atoms with E-state index in [0.717, 1.165) is 0 Å². The Balaban J connectivity index is 2.98. The molecule has 0 aliphatic rings. The standard InChI is InChI=1S/C5H5ClF2N2/c1-3-2-10(5(7)8)9-4(3)6/h2,5H,1H3. The average Bonchev–Trinajstić information content (AvgIpc) is 2.13. The van der Waals surface area contributed by atoms with Crippen molar-refractivity contribution in [3.63, 3.8) is 0 Å². The third kappa shape index (κ3) is 1.26. The van der Waals surface area contributed by atoms with Crippen molar-refractivity contribution >= 4 is 11.6 Å². The molecule has 0 aliphatic heterocycles. The summed E-state index contributed by atoms with van der Waals surface area (Å²) >= 11 is 5.41. The lowest BCUT2D eigenvalue weighted by molar-refractivity contribution is 0.0566. The quantitative estimate of drug-likeness (QED) is 0.626. The summed E-state index contributed by atoms with van der Waals surface area (Å²) in [6, 6.07) is 0. The maximum atomic E-state index is 11.8. The highest BCUT2D eigenvalue weighted by Gasteiger charge is 2.08. The Bertz CT molecular complexity index is 214. The van der Waals surface area contributed by atoms with Crippen molar-refractivity contribution in [1.82, 2.24) is 9.78 Å². The molecule has 0 spiro atoms. The molecule has 2 nitrogen and oxygen atoms in total. The van der Waals surface area contributed by atoms with Crippen LogP contribution < -0.4 is 0 Å². The van der Waals surface area contributed by atoms with Crippen LogP contribution in [0.4, 0.5) is 8.78 Å². The van der Waals surface area contributed by atoms with Crippen LogP contribution in [0.3, 0.4) is 0 Å². The summed E-state index contributed by atoms with van der Waals surface area (Å²) < 4.78 is 24.1. The molecule has 0 saturated heterocycles. The molecule has 0 N–H and O–H groups in total. The van der Waals surface area contributed by atoms with E-state index in [0.29, 0.717) is 10.2 Å². The second kappa shape index (κ2) is 2.54. The van der Waals surface area contributed by atoms with Gasteiger partial charge in [-0.2, -0.15) is 13.9 Å². The van der Waals surface area contributed by atoms with E-state index >= 15 is 0 Å². The van der Waals surface area contributed by atoms with E-state index in [1.165, 1.54) is 6.20 Å².